The van der Waals surface area contributed by atoms with Crippen LogP contribution in [0.15, 0.2) is 24.3 Å². The summed E-state index contributed by atoms with van der Waals surface area (Å²) in [5.41, 5.74) is 1.37. The summed E-state index contributed by atoms with van der Waals surface area (Å²) in [6.07, 6.45) is -0.513. The first kappa shape index (κ1) is 25.0. The summed E-state index contributed by atoms with van der Waals surface area (Å²) in [6.45, 7) is 5.96. The van der Waals surface area contributed by atoms with E-state index in [4.69, 9.17) is 19.6 Å². The normalized spacial score (nSPS) is 12.9. The molecule has 0 atom stereocenters. The number of carbonyl (C=O) groups excluding carboxylic acids is 2. The number of nitrogens with one attached hydrogen (secondary N) is 1. The first-order valence-corrected chi connectivity index (χ1v) is 10.7. The van der Waals surface area contributed by atoms with Crippen LogP contribution in [-0.4, -0.2) is 62.4 Å². The number of amidine groups is 1. The molecule has 0 radical (unpaired) electrons. The van der Waals surface area contributed by atoms with E-state index in [1.54, 1.807) is 38.4 Å². The standard InChI is InChI=1S/C25H30FN3O5/c1-25(2,3)16-10-14(8-9-18(16)34-24(31)28(4)5)17(30)13-29-12-15-11-19(32-6)22(33-7)21(26)20(15)23(29)27/h8-11,27H,12-13H2,1-7H3. The fraction of sp³-hybridized carbons (Fsp3) is 0.400. The maximum atomic E-state index is 15.0. The van der Waals surface area contributed by atoms with Gasteiger partial charge in [0.05, 0.1) is 26.3 Å². The van der Waals surface area contributed by atoms with Gasteiger partial charge in [0.15, 0.2) is 23.1 Å². The first-order valence-electron chi connectivity index (χ1n) is 10.7. The maximum Gasteiger partial charge on any atom is 0.414 e. The van der Waals surface area contributed by atoms with Gasteiger partial charge in [-0.3, -0.25) is 10.2 Å². The topological polar surface area (TPSA) is 92.2 Å². The van der Waals surface area contributed by atoms with Crippen molar-refractivity contribution in [2.45, 2.75) is 32.7 Å². The predicted molar refractivity (Wildman–Crippen MR) is 126 cm³/mol. The molecule has 182 valence electrons. The highest BCUT2D eigenvalue weighted by Gasteiger charge is 2.33. The molecule has 0 bridgehead atoms. The fourth-order valence-electron chi connectivity index (χ4n) is 3.79. The van der Waals surface area contributed by atoms with Gasteiger partial charge in [0.1, 0.15) is 11.6 Å². The highest BCUT2D eigenvalue weighted by molar-refractivity contribution is 6.06. The largest absolute Gasteiger partial charge is 0.493 e. The molecular weight excluding hydrogens is 441 g/mol. The van der Waals surface area contributed by atoms with Crippen molar-refractivity contribution in [2.75, 3.05) is 34.9 Å². The Morgan fingerprint density at radius 2 is 1.79 bits per heavy atom. The number of carbonyl (C=O) groups is 2. The maximum absolute atomic E-state index is 15.0. The number of ether oxygens (including phenoxy) is 3. The van der Waals surface area contributed by atoms with Crippen molar-refractivity contribution in [3.63, 3.8) is 0 Å². The number of ketones is 1. The minimum Gasteiger partial charge on any atom is -0.493 e. The van der Waals surface area contributed by atoms with Crippen LogP contribution < -0.4 is 14.2 Å². The van der Waals surface area contributed by atoms with Crippen LogP contribution in [0.2, 0.25) is 0 Å². The van der Waals surface area contributed by atoms with Gasteiger partial charge in [-0.1, -0.05) is 20.8 Å². The van der Waals surface area contributed by atoms with Crippen molar-refractivity contribution in [2.24, 2.45) is 0 Å². The number of hydrogen-bond donors (Lipinski definition) is 1. The number of rotatable bonds is 6. The Labute approximate surface area is 198 Å². The quantitative estimate of drug-likeness (QED) is 0.634. The van der Waals surface area contributed by atoms with Crippen LogP contribution in [0.4, 0.5) is 9.18 Å². The van der Waals surface area contributed by atoms with Crippen LogP contribution >= 0.6 is 0 Å². The molecule has 1 heterocycles. The van der Waals surface area contributed by atoms with E-state index in [0.29, 0.717) is 22.4 Å². The number of fused-ring (bicyclic) bond motifs is 1. The second-order valence-corrected chi connectivity index (χ2v) is 9.31. The Morgan fingerprint density at radius 3 is 2.35 bits per heavy atom. The monoisotopic (exact) mass is 471 g/mol. The van der Waals surface area contributed by atoms with Gasteiger partial charge in [0.2, 0.25) is 0 Å². The van der Waals surface area contributed by atoms with Gasteiger partial charge in [-0.05, 0) is 35.2 Å². The van der Waals surface area contributed by atoms with Gasteiger partial charge in [-0.15, -0.1) is 0 Å². The van der Waals surface area contributed by atoms with E-state index in [1.807, 2.05) is 20.8 Å². The number of halogens is 1. The van der Waals surface area contributed by atoms with Crippen molar-refractivity contribution < 1.29 is 28.2 Å². The molecule has 2 aromatic carbocycles. The average molecular weight is 472 g/mol. The van der Waals surface area contributed by atoms with Crippen molar-refractivity contribution in [3.05, 3.63) is 52.3 Å². The highest BCUT2D eigenvalue weighted by Crippen LogP contribution is 2.38. The minimum atomic E-state index is -0.682. The molecule has 1 amide bonds. The Bertz CT molecular complexity index is 1150. The van der Waals surface area contributed by atoms with Crippen molar-refractivity contribution >= 4 is 17.7 Å². The zero-order chi connectivity index (χ0) is 25.4. The minimum absolute atomic E-state index is 0.0724. The van der Waals surface area contributed by atoms with E-state index in [-0.39, 0.29) is 41.8 Å². The van der Waals surface area contributed by atoms with Crippen LogP contribution in [0, 0.1) is 11.2 Å². The lowest BCUT2D eigenvalue weighted by Crippen LogP contribution is -2.31. The van der Waals surface area contributed by atoms with Gasteiger partial charge in [0.25, 0.3) is 0 Å². The summed E-state index contributed by atoms with van der Waals surface area (Å²) in [6, 6.07) is 6.53. The highest BCUT2D eigenvalue weighted by atomic mass is 19.1. The molecular formula is C25H30FN3O5. The smallest absolute Gasteiger partial charge is 0.414 e. The van der Waals surface area contributed by atoms with Crippen molar-refractivity contribution in [1.82, 2.24) is 9.80 Å². The molecule has 8 nitrogen and oxygen atoms in total. The van der Waals surface area contributed by atoms with Crippen LogP contribution in [-0.2, 0) is 12.0 Å². The molecule has 3 rings (SSSR count). The van der Waals surface area contributed by atoms with Crippen LogP contribution in [0.25, 0.3) is 0 Å². The summed E-state index contributed by atoms with van der Waals surface area (Å²) in [7, 11) is 5.93. The molecule has 2 aromatic rings. The summed E-state index contributed by atoms with van der Waals surface area (Å²) >= 11 is 0. The third-order valence-corrected chi connectivity index (χ3v) is 5.61. The van der Waals surface area contributed by atoms with Gasteiger partial charge < -0.3 is 24.0 Å². The number of hydrogen-bond acceptors (Lipinski definition) is 6. The molecule has 0 fully saturated rings. The van der Waals surface area contributed by atoms with E-state index in [1.165, 1.54) is 24.0 Å². The molecule has 0 unspecified atom stereocenters. The SMILES string of the molecule is COc1cc2c(c(F)c1OC)C(=N)N(CC(=O)c1ccc(OC(=O)N(C)C)c(C(C)(C)C)c1)C2. The predicted octanol–water partition coefficient (Wildman–Crippen LogP) is 4.22. The number of nitrogens with zero attached hydrogens (tertiary/aromatic N) is 2. The van der Waals surface area contributed by atoms with Crippen molar-refractivity contribution in [3.8, 4) is 17.2 Å². The number of Topliss-reactive ketones (excluding diaryl/α,β-unsaturated/α-hetero) is 1. The molecule has 0 saturated heterocycles. The molecule has 9 heteroatoms. The molecule has 0 spiro atoms. The summed E-state index contributed by atoms with van der Waals surface area (Å²) in [4.78, 5) is 28.0. The molecule has 1 aliphatic rings. The van der Waals surface area contributed by atoms with Gasteiger partial charge in [-0.25, -0.2) is 9.18 Å². The second kappa shape index (κ2) is 9.32. The Balaban J connectivity index is 1.87. The van der Waals surface area contributed by atoms with Crippen LogP contribution in [0.5, 0.6) is 17.2 Å². The molecule has 34 heavy (non-hydrogen) atoms. The first-order chi connectivity index (χ1) is 15.9. The van der Waals surface area contributed by atoms with Crippen LogP contribution in [0.3, 0.4) is 0 Å². The van der Waals surface area contributed by atoms with Crippen LogP contribution in [0.1, 0.15) is 47.8 Å². The molecule has 1 N–H and O–H groups in total. The number of methoxy groups -OCH3 is 2. The van der Waals surface area contributed by atoms with E-state index in [0.717, 1.165) is 0 Å². The second-order valence-electron chi connectivity index (χ2n) is 9.31. The zero-order valence-electron chi connectivity index (χ0n) is 20.5. The zero-order valence-corrected chi connectivity index (χ0v) is 20.5. The van der Waals surface area contributed by atoms with E-state index in [9.17, 15) is 14.0 Å². The third kappa shape index (κ3) is 4.69. The average Bonchev–Trinajstić information content (AvgIpc) is 3.07. The lowest BCUT2D eigenvalue weighted by Gasteiger charge is -2.24. The lowest BCUT2D eigenvalue weighted by atomic mass is 9.85. The molecule has 0 aliphatic carbocycles. The third-order valence-electron chi connectivity index (χ3n) is 5.61. The summed E-state index contributed by atoms with van der Waals surface area (Å²) in [5.74, 6) is -0.472. The lowest BCUT2D eigenvalue weighted by molar-refractivity contribution is 0.0962. The molecule has 0 aromatic heterocycles. The van der Waals surface area contributed by atoms with Gasteiger partial charge in [0, 0.05) is 31.8 Å². The Kier molecular flexibility index (Phi) is 6.86. The van der Waals surface area contributed by atoms with Gasteiger partial charge >= 0.3 is 6.09 Å². The molecule has 0 saturated carbocycles. The van der Waals surface area contributed by atoms with E-state index < -0.39 is 17.3 Å². The number of benzene rings is 2. The fourth-order valence-corrected chi connectivity index (χ4v) is 3.79. The summed E-state index contributed by atoms with van der Waals surface area (Å²) in [5, 5.41) is 8.45. The van der Waals surface area contributed by atoms with E-state index in [2.05, 4.69) is 0 Å². The molecule has 1 aliphatic heterocycles. The van der Waals surface area contributed by atoms with Crippen molar-refractivity contribution in [1.29, 1.82) is 5.41 Å². The Morgan fingerprint density at radius 1 is 1.12 bits per heavy atom. The number of amides is 1. The summed E-state index contributed by atoms with van der Waals surface area (Å²) < 4.78 is 30.8. The Hall–Kier alpha value is -3.62. The van der Waals surface area contributed by atoms with Gasteiger partial charge in [-0.2, -0.15) is 0 Å². The van der Waals surface area contributed by atoms with E-state index >= 15 is 0 Å².